The smallest absolute Gasteiger partial charge is 0.333 e. The van der Waals surface area contributed by atoms with Gasteiger partial charge in [-0.15, -0.1) is 0 Å². The molecule has 158 valence electrons. The van der Waals surface area contributed by atoms with E-state index in [4.69, 9.17) is 16.3 Å². The molecule has 1 atom stereocenters. The van der Waals surface area contributed by atoms with Gasteiger partial charge in [0.1, 0.15) is 5.82 Å². The molecule has 2 amide bonds. The molecule has 0 saturated carbocycles. The molecular formula is C23H18ClFN2O4. The molecule has 0 bridgehead atoms. The lowest BCUT2D eigenvalue weighted by molar-refractivity contribution is -0.149. The highest BCUT2D eigenvalue weighted by molar-refractivity contribution is 6.30. The second-order valence-electron chi connectivity index (χ2n) is 6.46. The van der Waals surface area contributed by atoms with Crippen LogP contribution in [0.25, 0.3) is 0 Å². The second kappa shape index (κ2) is 10.4. The van der Waals surface area contributed by atoms with Crippen LogP contribution in [0.1, 0.15) is 22.0 Å². The van der Waals surface area contributed by atoms with Crippen LogP contribution in [0.15, 0.2) is 78.9 Å². The SMILES string of the molecule is O=C(COC(=O)C(NC(=O)c1ccccc1)c1ccccc1)Nc1cc(Cl)ccc1F. The molecule has 0 aliphatic carbocycles. The zero-order chi connectivity index (χ0) is 22.2. The highest BCUT2D eigenvalue weighted by Gasteiger charge is 2.25. The Morgan fingerprint density at radius 3 is 2.26 bits per heavy atom. The molecule has 1 unspecified atom stereocenters. The Morgan fingerprint density at radius 2 is 1.58 bits per heavy atom. The Labute approximate surface area is 183 Å². The van der Waals surface area contributed by atoms with Crippen LogP contribution in [0.5, 0.6) is 0 Å². The first kappa shape index (κ1) is 22.0. The van der Waals surface area contributed by atoms with E-state index in [0.29, 0.717) is 11.1 Å². The first-order valence-electron chi connectivity index (χ1n) is 9.26. The van der Waals surface area contributed by atoms with Crippen molar-refractivity contribution in [2.75, 3.05) is 11.9 Å². The number of carbonyl (C=O) groups excluding carboxylic acids is 3. The Morgan fingerprint density at radius 1 is 0.935 bits per heavy atom. The number of hydrogen-bond donors (Lipinski definition) is 2. The van der Waals surface area contributed by atoms with E-state index < -0.39 is 36.2 Å². The molecule has 0 spiro atoms. The number of carbonyl (C=O) groups is 3. The molecule has 6 nitrogen and oxygen atoms in total. The van der Waals surface area contributed by atoms with E-state index in [1.807, 2.05) is 0 Å². The van der Waals surface area contributed by atoms with Gasteiger partial charge >= 0.3 is 5.97 Å². The fourth-order valence-electron chi connectivity index (χ4n) is 2.73. The highest BCUT2D eigenvalue weighted by Crippen LogP contribution is 2.20. The van der Waals surface area contributed by atoms with Gasteiger partial charge in [-0.1, -0.05) is 60.1 Å². The molecule has 0 radical (unpaired) electrons. The number of rotatable bonds is 7. The molecule has 3 rings (SSSR count). The number of esters is 1. The summed E-state index contributed by atoms with van der Waals surface area (Å²) in [7, 11) is 0. The van der Waals surface area contributed by atoms with Crippen molar-refractivity contribution in [2.24, 2.45) is 0 Å². The first-order valence-corrected chi connectivity index (χ1v) is 9.64. The van der Waals surface area contributed by atoms with Gasteiger partial charge in [0, 0.05) is 10.6 Å². The Bertz CT molecular complexity index is 1080. The lowest BCUT2D eigenvalue weighted by Gasteiger charge is -2.18. The average molecular weight is 441 g/mol. The van der Waals surface area contributed by atoms with E-state index in [-0.39, 0.29) is 10.7 Å². The van der Waals surface area contributed by atoms with Crippen molar-refractivity contribution in [3.63, 3.8) is 0 Å². The molecule has 2 N–H and O–H groups in total. The Balaban J connectivity index is 1.67. The number of amides is 2. The minimum absolute atomic E-state index is 0.134. The minimum Gasteiger partial charge on any atom is -0.454 e. The summed E-state index contributed by atoms with van der Waals surface area (Å²) in [5, 5.41) is 5.14. The van der Waals surface area contributed by atoms with Crippen molar-refractivity contribution in [1.82, 2.24) is 5.32 Å². The summed E-state index contributed by atoms with van der Waals surface area (Å²) in [5.41, 5.74) is 0.717. The summed E-state index contributed by atoms with van der Waals surface area (Å²) in [6.45, 7) is -0.671. The molecule has 8 heteroatoms. The monoisotopic (exact) mass is 440 g/mol. The topological polar surface area (TPSA) is 84.5 Å². The molecule has 0 aliphatic rings. The third-order valence-electron chi connectivity index (χ3n) is 4.23. The van der Waals surface area contributed by atoms with E-state index in [2.05, 4.69) is 10.6 Å². The summed E-state index contributed by atoms with van der Waals surface area (Å²) in [5.74, 6) is -2.74. The number of benzene rings is 3. The third kappa shape index (κ3) is 6.13. The predicted molar refractivity (Wildman–Crippen MR) is 114 cm³/mol. The molecule has 0 heterocycles. The Kier molecular flexibility index (Phi) is 7.35. The van der Waals surface area contributed by atoms with Gasteiger partial charge in [0.25, 0.3) is 11.8 Å². The third-order valence-corrected chi connectivity index (χ3v) is 4.46. The zero-order valence-corrected chi connectivity index (χ0v) is 16.9. The van der Waals surface area contributed by atoms with E-state index in [1.165, 1.54) is 12.1 Å². The largest absolute Gasteiger partial charge is 0.454 e. The fraction of sp³-hybridized carbons (Fsp3) is 0.0870. The molecule has 3 aromatic rings. The van der Waals surface area contributed by atoms with Gasteiger partial charge in [0.2, 0.25) is 0 Å². The number of hydrogen-bond acceptors (Lipinski definition) is 4. The minimum atomic E-state index is -1.13. The lowest BCUT2D eigenvalue weighted by atomic mass is 10.1. The van der Waals surface area contributed by atoms with Crippen molar-refractivity contribution in [3.05, 3.63) is 101 Å². The molecule has 31 heavy (non-hydrogen) atoms. The van der Waals surface area contributed by atoms with Crippen LogP contribution in [0, 0.1) is 5.82 Å². The van der Waals surface area contributed by atoms with Crippen molar-refractivity contribution < 1.29 is 23.5 Å². The second-order valence-corrected chi connectivity index (χ2v) is 6.90. The zero-order valence-electron chi connectivity index (χ0n) is 16.2. The van der Waals surface area contributed by atoms with Gasteiger partial charge in [-0.25, -0.2) is 9.18 Å². The summed E-state index contributed by atoms with van der Waals surface area (Å²) in [6.07, 6.45) is 0. The summed E-state index contributed by atoms with van der Waals surface area (Å²) in [4.78, 5) is 37.3. The van der Waals surface area contributed by atoms with Crippen LogP contribution in [-0.2, 0) is 14.3 Å². The van der Waals surface area contributed by atoms with Gasteiger partial charge in [0.05, 0.1) is 5.69 Å². The quantitative estimate of drug-likeness (QED) is 0.541. The normalized spacial score (nSPS) is 11.3. The van der Waals surface area contributed by atoms with Crippen LogP contribution in [0.3, 0.4) is 0 Å². The van der Waals surface area contributed by atoms with Gasteiger partial charge in [-0.2, -0.15) is 0 Å². The maximum Gasteiger partial charge on any atom is 0.333 e. The number of nitrogens with one attached hydrogen (secondary N) is 2. The van der Waals surface area contributed by atoms with Gasteiger partial charge in [-0.05, 0) is 35.9 Å². The van der Waals surface area contributed by atoms with Crippen LogP contribution >= 0.6 is 11.6 Å². The predicted octanol–water partition coefficient (Wildman–Crippen LogP) is 4.13. The summed E-state index contributed by atoms with van der Waals surface area (Å²) < 4.78 is 18.8. The van der Waals surface area contributed by atoms with Gasteiger partial charge in [0.15, 0.2) is 12.6 Å². The molecule has 0 aliphatic heterocycles. The summed E-state index contributed by atoms with van der Waals surface area (Å²) in [6, 6.07) is 19.4. The first-order chi connectivity index (χ1) is 14.9. The lowest BCUT2D eigenvalue weighted by Crippen LogP contribution is -2.36. The molecule has 3 aromatic carbocycles. The number of ether oxygens (including phenoxy) is 1. The van der Waals surface area contributed by atoms with Crippen LogP contribution < -0.4 is 10.6 Å². The molecule has 0 saturated heterocycles. The van der Waals surface area contributed by atoms with Crippen LogP contribution in [-0.4, -0.2) is 24.4 Å². The van der Waals surface area contributed by atoms with Crippen molar-refractivity contribution in [2.45, 2.75) is 6.04 Å². The average Bonchev–Trinajstić information content (AvgIpc) is 2.79. The van der Waals surface area contributed by atoms with E-state index in [9.17, 15) is 18.8 Å². The van der Waals surface area contributed by atoms with Gasteiger partial charge < -0.3 is 15.4 Å². The maximum atomic E-state index is 13.8. The van der Waals surface area contributed by atoms with Gasteiger partial charge in [-0.3, -0.25) is 9.59 Å². The van der Waals surface area contributed by atoms with E-state index >= 15 is 0 Å². The van der Waals surface area contributed by atoms with Crippen LogP contribution in [0.2, 0.25) is 5.02 Å². The maximum absolute atomic E-state index is 13.8. The summed E-state index contributed by atoms with van der Waals surface area (Å²) >= 11 is 5.79. The highest BCUT2D eigenvalue weighted by atomic mass is 35.5. The molecular weight excluding hydrogens is 423 g/mol. The molecule has 0 fully saturated rings. The van der Waals surface area contributed by atoms with Crippen molar-refractivity contribution in [3.8, 4) is 0 Å². The van der Waals surface area contributed by atoms with E-state index in [0.717, 1.165) is 6.07 Å². The van der Waals surface area contributed by atoms with Crippen molar-refractivity contribution in [1.29, 1.82) is 0 Å². The molecule has 0 aromatic heterocycles. The number of anilines is 1. The van der Waals surface area contributed by atoms with Crippen molar-refractivity contribution >= 4 is 35.1 Å². The Hall–Kier alpha value is -3.71. The number of halogens is 2. The van der Waals surface area contributed by atoms with Crippen LogP contribution in [0.4, 0.5) is 10.1 Å². The van der Waals surface area contributed by atoms with E-state index in [1.54, 1.807) is 60.7 Å². The fourth-order valence-corrected chi connectivity index (χ4v) is 2.90. The standard InChI is InChI=1S/C23H18ClFN2O4/c24-17-11-12-18(25)19(13-17)26-20(28)14-31-23(30)21(15-7-3-1-4-8-15)27-22(29)16-9-5-2-6-10-16/h1-13,21H,14H2,(H,26,28)(H,27,29).